The fraction of sp³-hybridized carbons (Fsp3) is 0.500. The summed E-state index contributed by atoms with van der Waals surface area (Å²) in [5.74, 6) is -0.678. The number of Topliss-reactive ketones (excluding diaryl/α,β-unsaturated/α-hetero) is 1. The monoisotopic (exact) mass is 409 g/mol. The molecule has 0 aromatic heterocycles. The summed E-state index contributed by atoms with van der Waals surface area (Å²) < 4.78 is 28.8. The second-order valence-corrected chi connectivity index (χ2v) is 9.98. The van der Waals surface area contributed by atoms with E-state index in [1.807, 2.05) is 0 Å². The molecule has 0 spiro atoms. The molecule has 9 nitrogen and oxygen atoms in total. The number of hydrogen-bond donors (Lipinski definition) is 1. The Morgan fingerprint density at radius 3 is 2.54 bits per heavy atom. The van der Waals surface area contributed by atoms with E-state index in [4.69, 9.17) is 4.74 Å². The van der Waals surface area contributed by atoms with Crippen molar-refractivity contribution in [3.8, 4) is 0 Å². The number of nitrogens with zero attached hydrogens (tertiary/aromatic N) is 2. The zero-order chi connectivity index (χ0) is 20.9. The molecular weight excluding hydrogens is 386 g/mol. The third-order valence-electron chi connectivity index (χ3n) is 4.51. The van der Waals surface area contributed by atoms with E-state index in [0.717, 1.165) is 6.26 Å². The average Bonchev–Trinajstić information content (AvgIpc) is 3.13. The Labute approximate surface area is 163 Å². The summed E-state index contributed by atoms with van der Waals surface area (Å²) in [5.41, 5.74) is 2.30. The summed E-state index contributed by atoms with van der Waals surface area (Å²) in [6, 6.07) is 4.44. The van der Waals surface area contributed by atoms with Gasteiger partial charge in [0.15, 0.2) is 15.6 Å². The van der Waals surface area contributed by atoms with E-state index in [9.17, 15) is 22.8 Å². The fourth-order valence-electron chi connectivity index (χ4n) is 3.24. The van der Waals surface area contributed by atoms with Gasteiger partial charge in [-0.25, -0.2) is 23.6 Å². The van der Waals surface area contributed by atoms with E-state index in [2.05, 4.69) is 5.43 Å². The number of ether oxygens (including phenoxy) is 1. The van der Waals surface area contributed by atoms with Gasteiger partial charge in [-0.05, 0) is 39.0 Å². The number of hydrazine groups is 1. The van der Waals surface area contributed by atoms with Crippen molar-refractivity contribution in [2.24, 2.45) is 0 Å². The second-order valence-electron chi connectivity index (χ2n) is 7.96. The number of likely N-dealkylation sites (tertiary alicyclic amines) is 1. The number of hydrogen-bond acceptors (Lipinski definition) is 7. The summed E-state index contributed by atoms with van der Waals surface area (Å²) in [6.07, 6.45) is 0.437. The Hall–Kier alpha value is -2.46. The number of nitrogens with one attached hydrogen (secondary N) is 1. The third kappa shape index (κ3) is 4.02. The number of rotatable bonds is 2. The summed E-state index contributed by atoms with van der Waals surface area (Å²) in [7, 11) is -3.47. The fourth-order valence-corrected chi connectivity index (χ4v) is 3.91. The van der Waals surface area contributed by atoms with Crippen LogP contribution in [-0.4, -0.2) is 73.1 Å². The Bertz CT molecular complexity index is 937. The molecule has 2 heterocycles. The van der Waals surface area contributed by atoms with Crippen LogP contribution in [0.2, 0.25) is 0 Å². The highest BCUT2D eigenvalue weighted by atomic mass is 32.2. The minimum atomic E-state index is -3.47. The molecule has 2 aliphatic rings. The van der Waals surface area contributed by atoms with Gasteiger partial charge >= 0.3 is 6.09 Å². The highest BCUT2D eigenvalue weighted by molar-refractivity contribution is 7.90. The average molecular weight is 409 g/mol. The van der Waals surface area contributed by atoms with E-state index in [-0.39, 0.29) is 29.3 Å². The summed E-state index contributed by atoms with van der Waals surface area (Å²) in [5, 5.41) is 1.20. The molecule has 0 saturated carbocycles. The topological polar surface area (TPSA) is 113 Å². The van der Waals surface area contributed by atoms with Crippen molar-refractivity contribution >= 4 is 27.6 Å². The highest BCUT2D eigenvalue weighted by Gasteiger charge is 2.50. The molecule has 2 aliphatic heterocycles. The maximum Gasteiger partial charge on any atom is 0.424 e. The van der Waals surface area contributed by atoms with E-state index >= 15 is 0 Å². The molecule has 2 atom stereocenters. The van der Waals surface area contributed by atoms with Crippen molar-refractivity contribution in [1.82, 2.24) is 15.3 Å². The molecule has 1 N–H and O–H groups in total. The lowest BCUT2D eigenvalue weighted by molar-refractivity contribution is -0.118. The summed E-state index contributed by atoms with van der Waals surface area (Å²) in [6.45, 7) is 5.20. The van der Waals surface area contributed by atoms with Crippen LogP contribution in [0.1, 0.15) is 31.1 Å². The van der Waals surface area contributed by atoms with Gasteiger partial charge in [-0.1, -0.05) is 6.07 Å². The maximum atomic E-state index is 12.9. The Morgan fingerprint density at radius 2 is 1.93 bits per heavy atom. The molecule has 0 radical (unpaired) electrons. The van der Waals surface area contributed by atoms with Crippen molar-refractivity contribution < 1.29 is 27.5 Å². The molecule has 2 unspecified atom stereocenters. The minimum Gasteiger partial charge on any atom is -0.443 e. The summed E-state index contributed by atoms with van der Waals surface area (Å²) >= 11 is 0. The van der Waals surface area contributed by atoms with Crippen molar-refractivity contribution in [2.45, 2.75) is 43.4 Å². The molecule has 0 aliphatic carbocycles. The number of sulfone groups is 1. The van der Waals surface area contributed by atoms with Crippen LogP contribution in [0.15, 0.2) is 29.2 Å². The first kappa shape index (κ1) is 20.3. The SMILES string of the molecule is CC(C)(C)OC(=O)N1CC2C(N1)C(=O)CN2C(=O)c1cccc(S(C)(=O)=O)c1. The molecule has 1 aromatic rings. The zero-order valence-corrected chi connectivity index (χ0v) is 16.9. The third-order valence-corrected chi connectivity index (χ3v) is 5.62. The lowest BCUT2D eigenvalue weighted by Gasteiger charge is -2.26. The van der Waals surface area contributed by atoms with Gasteiger partial charge in [0.2, 0.25) is 0 Å². The van der Waals surface area contributed by atoms with E-state index in [0.29, 0.717) is 0 Å². The lowest BCUT2D eigenvalue weighted by atomic mass is 10.1. The predicted octanol–water partition coefficient (Wildman–Crippen LogP) is 0.608. The molecule has 0 bridgehead atoms. The van der Waals surface area contributed by atoms with Gasteiger partial charge in [0.1, 0.15) is 11.6 Å². The Balaban J connectivity index is 1.80. The molecule has 3 rings (SSSR count). The quantitative estimate of drug-likeness (QED) is 0.761. The van der Waals surface area contributed by atoms with Crippen LogP contribution < -0.4 is 5.43 Å². The van der Waals surface area contributed by atoms with Gasteiger partial charge in [-0.15, -0.1) is 0 Å². The number of carbonyl (C=O) groups is 3. The highest BCUT2D eigenvalue weighted by Crippen LogP contribution is 2.25. The number of fused-ring (bicyclic) bond motifs is 1. The number of carbonyl (C=O) groups excluding carboxylic acids is 3. The molecular formula is C18H23N3O6S. The van der Waals surface area contributed by atoms with E-state index in [1.165, 1.54) is 34.2 Å². The minimum absolute atomic E-state index is 0.0281. The van der Waals surface area contributed by atoms with Crippen LogP contribution in [0.4, 0.5) is 4.79 Å². The molecule has 152 valence electrons. The predicted molar refractivity (Wildman–Crippen MR) is 99.2 cm³/mol. The molecule has 2 amide bonds. The summed E-state index contributed by atoms with van der Waals surface area (Å²) in [4.78, 5) is 38.9. The number of amides is 2. The van der Waals surface area contributed by atoms with Crippen molar-refractivity contribution in [3.05, 3.63) is 29.8 Å². The van der Waals surface area contributed by atoms with Crippen LogP contribution >= 0.6 is 0 Å². The largest absolute Gasteiger partial charge is 0.443 e. The maximum absolute atomic E-state index is 12.9. The van der Waals surface area contributed by atoms with Crippen molar-refractivity contribution in [1.29, 1.82) is 0 Å². The second kappa shape index (κ2) is 6.85. The number of benzene rings is 1. The Morgan fingerprint density at radius 1 is 1.25 bits per heavy atom. The van der Waals surface area contributed by atoms with Gasteiger partial charge in [0.05, 0.1) is 24.0 Å². The standard InChI is InChI=1S/C18H23N3O6S/c1-18(2,3)27-17(24)21-9-13-15(19-21)14(22)10-20(13)16(23)11-6-5-7-12(8-11)28(4,25)26/h5-8,13,15,19H,9-10H2,1-4H3. The first-order chi connectivity index (χ1) is 12.9. The van der Waals surface area contributed by atoms with Crippen LogP contribution in [0, 0.1) is 0 Å². The van der Waals surface area contributed by atoms with E-state index in [1.54, 1.807) is 20.8 Å². The lowest BCUT2D eigenvalue weighted by Crippen LogP contribution is -2.45. The first-order valence-electron chi connectivity index (χ1n) is 8.77. The molecule has 10 heteroatoms. The van der Waals surface area contributed by atoms with Gasteiger partial charge in [0, 0.05) is 11.8 Å². The Kier molecular flexibility index (Phi) is 4.96. The molecule has 2 fully saturated rings. The first-order valence-corrected chi connectivity index (χ1v) is 10.7. The smallest absolute Gasteiger partial charge is 0.424 e. The van der Waals surface area contributed by atoms with Crippen molar-refractivity contribution in [3.63, 3.8) is 0 Å². The number of ketones is 1. The molecule has 2 saturated heterocycles. The molecule has 1 aromatic carbocycles. The van der Waals surface area contributed by atoms with E-state index < -0.39 is 39.5 Å². The van der Waals surface area contributed by atoms with Crippen LogP contribution in [0.25, 0.3) is 0 Å². The normalized spacial score (nSPS) is 22.4. The van der Waals surface area contributed by atoms with Crippen LogP contribution in [-0.2, 0) is 19.4 Å². The van der Waals surface area contributed by atoms with Crippen molar-refractivity contribution in [2.75, 3.05) is 19.3 Å². The van der Waals surface area contributed by atoms with Gasteiger partial charge in [0.25, 0.3) is 5.91 Å². The van der Waals surface area contributed by atoms with Gasteiger partial charge in [-0.3, -0.25) is 9.59 Å². The van der Waals surface area contributed by atoms with Crippen LogP contribution in [0.3, 0.4) is 0 Å². The zero-order valence-electron chi connectivity index (χ0n) is 16.1. The van der Waals surface area contributed by atoms with Gasteiger partial charge < -0.3 is 9.64 Å². The van der Waals surface area contributed by atoms with Crippen LogP contribution in [0.5, 0.6) is 0 Å². The molecule has 28 heavy (non-hydrogen) atoms. The van der Waals surface area contributed by atoms with Gasteiger partial charge in [-0.2, -0.15) is 0 Å².